The van der Waals surface area contributed by atoms with Gasteiger partial charge in [-0.05, 0) is 25.1 Å². The number of benzene rings is 1. The molecule has 1 fully saturated rings. The van der Waals surface area contributed by atoms with Crippen LogP contribution in [0.25, 0.3) is 0 Å². The van der Waals surface area contributed by atoms with E-state index in [9.17, 15) is 4.79 Å². The molecular formula is C13H17ClN2O2. The molecule has 2 rings (SSSR count). The SMILES string of the molecule is CCNC1CCN(c2ccc(Cl)c(OC)c2)C1=O. The zero-order valence-electron chi connectivity index (χ0n) is 10.6. The van der Waals surface area contributed by atoms with Crippen molar-refractivity contribution in [1.29, 1.82) is 0 Å². The number of halogens is 1. The fraction of sp³-hybridized carbons (Fsp3) is 0.462. The maximum atomic E-state index is 12.2. The van der Waals surface area contributed by atoms with Crippen molar-refractivity contribution >= 4 is 23.2 Å². The third-order valence-corrected chi connectivity index (χ3v) is 3.41. The number of amides is 1. The second kappa shape index (κ2) is 5.59. The summed E-state index contributed by atoms with van der Waals surface area (Å²) in [6.45, 7) is 3.52. The number of likely N-dealkylation sites (N-methyl/N-ethyl adjacent to an activating group) is 1. The predicted molar refractivity (Wildman–Crippen MR) is 72.4 cm³/mol. The van der Waals surface area contributed by atoms with Crippen molar-refractivity contribution < 1.29 is 9.53 Å². The van der Waals surface area contributed by atoms with Gasteiger partial charge in [-0.15, -0.1) is 0 Å². The molecule has 4 nitrogen and oxygen atoms in total. The van der Waals surface area contributed by atoms with Gasteiger partial charge in [0.05, 0.1) is 18.2 Å². The Morgan fingerprint density at radius 2 is 2.33 bits per heavy atom. The van der Waals surface area contributed by atoms with Crippen LogP contribution in [-0.4, -0.2) is 32.1 Å². The molecule has 1 aliphatic heterocycles. The number of hydrogen-bond donors (Lipinski definition) is 1. The fourth-order valence-corrected chi connectivity index (χ4v) is 2.38. The highest BCUT2D eigenvalue weighted by molar-refractivity contribution is 6.32. The van der Waals surface area contributed by atoms with Gasteiger partial charge in [-0.3, -0.25) is 4.79 Å². The first kappa shape index (κ1) is 13.2. The molecule has 18 heavy (non-hydrogen) atoms. The molecule has 0 aliphatic carbocycles. The van der Waals surface area contributed by atoms with Gasteiger partial charge in [-0.1, -0.05) is 18.5 Å². The van der Waals surface area contributed by atoms with Crippen molar-refractivity contribution in [3.8, 4) is 5.75 Å². The molecule has 0 saturated carbocycles. The lowest BCUT2D eigenvalue weighted by Gasteiger charge is -2.18. The first-order valence-corrected chi connectivity index (χ1v) is 6.43. The Labute approximate surface area is 112 Å². The summed E-state index contributed by atoms with van der Waals surface area (Å²) in [7, 11) is 1.57. The topological polar surface area (TPSA) is 41.6 Å². The van der Waals surface area contributed by atoms with Gasteiger partial charge >= 0.3 is 0 Å². The number of carbonyl (C=O) groups is 1. The van der Waals surface area contributed by atoms with Crippen LogP contribution in [0.1, 0.15) is 13.3 Å². The Kier molecular flexibility index (Phi) is 4.09. The van der Waals surface area contributed by atoms with Crippen molar-refractivity contribution in [1.82, 2.24) is 5.32 Å². The average molecular weight is 269 g/mol. The molecule has 1 aromatic rings. The number of rotatable bonds is 4. The fourth-order valence-electron chi connectivity index (χ4n) is 2.19. The molecule has 1 amide bonds. The molecule has 0 radical (unpaired) electrons. The maximum absolute atomic E-state index is 12.2. The minimum Gasteiger partial charge on any atom is -0.495 e. The van der Waals surface area contributed by atoms with E-state index in [2.05, 4.69) is 5.32 Å². The normalized spacial score (nSPS) is 19.4. The van der Waals surface area contributed by atoms with Crippen molar-refractivity contribution in [3.63, 3.8) is 0 Å². The molecule has 0 spiro atoms. The molecule has 1 atom stereocenters. The van der Waals surface area contributed by atoms with Gasteiger partial charge in [-0.25, -0.2) is 0 Å². The van der Waals surface area contributed by atoms with Gasteiger partial charge in [0.1, 0.15) is 5.75 Å². The summed E-state index contributed by atoms with van der Waals surface area (Å²) in [5.41, 5.74) is 0.835. The van der Waals surface area contributed by atoms with Gasteiger partial charge in [0.2, 0.25) is 5.91 Å². The number of nitrogens with zero attached hydrogens (tertiary/aromatic N) is 1. The summed E-state index contributed by atoms with van der Waals surface area (Å²) in [6, 6.07) is 5.33. The number of methoxy groups -OCH3 is 1. The summed E-state index contributed by atoms with van der Waals surface area (Å²) in [5.74, 6) is 0.704. The monoisotopic (exact) mass is 268 g/mol. The van der Waals surface area contributed by atoms with Gasteiger partial charge in [0.15, 0.2) is 0 Å². The maximum Gasteiger partial charge on any atom is 0.244 e. The van der Waals surface area contributed by atoms with Crippen LogP contribution in [-0.2, 0) is 4.79 Å². The second-order valence-corrected chi connectivity index (χ2v) is 4.61. The highest BCUT2D eigenvalue weighted by atomic mass is 35.5. The van der Waals surface area contributed by atoms with Crippen LogP contribution in [0.3, 0.4) is 0 Å². The Hall–Kier alpha value is -1.26. The molecule has 0 bridgehead atoms. The first-order chi connectivity index (χ1) is 8.67. The number of ether oxygens (including phenoxy) is 1. The van der Waals surface area contributed by atoms with Gasteiger partial charge in [-0.2, -0.15) is 0 Å². The molecule has 0 aromatic heterocycles. The summed E-state index contributed by atoms with van der Waals surface area (Å²) in [4.78, 5) is 13.9. The lowest BCUT2D eigenvalue weighted by atomic mass is 10.2. The largest absolute Gasteiger partial charge is 0.495 e. The van der Waals surface area contributed by atoms with Crippen LogP contribution in [0.15, 0.2) is 18.2 Å². The van der Waals surface area contributed by atoms with Crippen molar-refractivity contribution in [2.45, 2.75) is 19.4 Å². The molecule has 98 valence electrons. The van der Waals surface area contributed by atoms with E-state index in [0.717, 1.165) is 25.2 Å². The summed E-state index contributed by atoms with van der Waals surface area (Å²) >= 11 is 5.98. The van der Waals surface area contributed by atoms with Crippen LogP contribution < -0.4 is 15.0 Å². The van der Waals surface area contributed by atoms with E-state index in [1.807, 2.05) is 13.0 Å². The van der Waals surface area contributed by atoms with E-state index in [1.165, 1.54) is 0 Å². The third kappa shape index (κ3) is 2.44. The van der Waals surface area contributed by atoms with E-state index in [0.29, 0.717) is 10.8 Å². The Morgan fingerprint density at radius 1 is 1.56 bits per heavy atom. The zero-order chi connectivity index (χ0) is 13.1. The van der Waals surface area contributed by atoms with Gasteiger partial charge in [0, 0.05) is 18.3 Å². The quantitative estimate of drug-likeness (QED) is 0.909. The average Bonchev–Trinajstić information content (AvgIpc) is 2.73. The van der Waals surface area contributed by atoms with Crippen molar-refractivity contribution in [2.75, 3.05) is 25.1 Å². The first-order valence-electron chi connectivity index (χ1n) is 6.05. The number of carbonyl (C=O) groups excluding carboxylic acids is 1. The molecule has 1 heterocycles. The molecule has 1 aromatic carbocycles. The van der Waals surface area contributed by atoms with Crippen molar-refractivity contribution in [2.24, 2.45) is 0 Å². The molecule has 1 unspecified atom stereocenters. The van der Waals surface area contributed by atoms with E-state index in [-0.39, 0.29) is 11.9 Å². The van der Waals surface area contributed by atoms with Crippen molar-refractivity contribution in [3.05, 3.63) is 23.2 Å². The van der Waals surface area contributed by atoms with Crippen LogP contribution in [0, 0.1) is 0 Å². The van der Waals surface area contributed by atoms with Gasteiger partial charge < -0.3 is 15.0 Å². The molecule has 1 saturated heterocycles. The molecular weight excluding hydrogens is 252 g/mol. The summed E-state index contributed by atoms with van der Waals surface area (Å²) in [5, 5.41) is 3.74. The van der Waals surface area contributed by atoms with Crippen LogP contribution in [0.5, 0.6) is 5.75 Å². The Balaban J connectivity index is 2.20. The summed E-state index contributed by atoms with van der Waals surface area (Å²) in [6.07, 6.45) is 0.831. The lowest BCUT2D eigenvalue weighted by molar-refractivity contribution is -0.118. The highest BCUT2D eigenvalue weighted by Crippen LogP contribution is 2.31. The second-order valence-electron chi connectivity index (χ2n) is 4.21. The highest BCUT2D eigenvalue weighted by Gasteiger charge is 2.31. The molecule has 5 heteroatoms. The predicted octanol–water partition coefficient (Wildman–Crippen LogP) is 2.06. The van der Waals surface area contributed by atoms with Crippen LogP contribution in [0.4, 0.5) is 5.69 Å². The standard InChI is InChI=1S/C13H17ClN2O2/c1-3-15-11-6-7-16(13(11)17)9-4-5-10(14)12(8-9)18-2/h4-5,8,11,15H,3,6-7H2,1-2H3. The lowest BCUT2D eigenvalue weighted by Crippen LogP contribution is -2.38. The van der Waals surface area contributed by atoms with E-state index in [4.69, 9.17) is 16.3 Å². The Morgan fingerprint density at radius 3 is 3.00 bits per heavy atom. The smallest absolute Gasteiger partial charge is 0.244 e. The number of hydrogen-bond acceptors (Lipinski definition) is 3. The summed E-state index contributed by atoms with van der Waals surface area (Å²) < 4.78 is 5.17. The van der Waals surface area contributed by atoms with E-state index < -0.39 is 0 Å². The van der Waals surface area contributed by atoms with Crippen LogP contribution in [0.2, 0.25) is 5.02 Å². The van der Waals surface area contributed by atoms with Crippen LogP contribution >= 0.6 is 11.6 Å². The minimum atomic E-state index is -0.0725. The number of nitrogens with one attached hydrogen (secondary N) is 1. The van der Waals surface area contributed by atoms with E-state index in [1.54, 1.807) is 24.1 Å². The van der Waals surface area contributed by atoms with Gasteiger partial charge in [0.25, 0.3) is 0 Å². The third-order valence-electron chi connectivity index (χ3n) is 3.10. The molecule has 1 N–H and O–H groups in total. The minimum absolute atomic E-state index is 0.0725. The zero-order valence-corrected chi connectivity index (χ0v) is 11.3. The van der Waals surface area contributed by atoms with E-state index >= 15 is 0 Å². The molecule has 1 aliphatic rings. The Bertz CT molecular complexity index is 451. The number of anilines is 1.